The molecule has 1 aliphatic carbocycles. The van der Waals surface area contributed by atoms with Crippen LogP contribution in [0.3, 0.4) is 0 Å². The van der Waals surface area contributed by atoms with Crippen LogP contribution in [-0.2, 0) is 4.79 Å². The monoisotopic (exact) mass is 442 g/mol. The van der Waals surface area contributed by atoms with Gasteiger partial charge in [-0.15, -0.1) is 0 Å². The van der Waals surface area contributed by atoms with Crippen LogP contribution in [0.1, 0.15) is 39.5 Å². The first kappa shape index (κ1) is 22.2. The Bertz CT molecular complexity index is 968. The number of nitrogens with one attached hydrogen (secondary N) is 1. The Balaban J connectivity index is 1.31. The van der Waals surface area contributed by atoms with E-state index < -0.39 is 11.6 Å². The Morgan fingerprint density at radius 1 is 1.03 bits per heavy atom. The first-order valence-electron chi connectivity index (χ1n) is 11.1. The van der Waals surface area contributed by atoms with Crippen molar-refractivity contribution in [3.05, 3.63) is 48.2 Å². The number of carbonyl (C=O) groups excluding carboxylic acids is 2. The number of hydrogen-bond donors (Lipinski definition) is 1. The summed E-state index contributed by atoms with van der Waals surface area (Å²) in [6.07, 6.45) is 4.56. The van der Waals surface area contributed by atoms with Gasteiger partial charge in [-0.3, -0.25) is 4.79 Å². The number of nitrogens with zero attached hydrogens (tertiary/aromatic N) is 3. The minimum Gasteiger partial charge on any atom is -0.320 e. The van der Waals surface area contributed by atoms with Crippen molar-refractivity contribution >= 4 is 17.8 Å². The Morgan fingerprint density at radius 2 is 1.72 bits per heavy atom. The van der Waals surface area contributed by atoms with E-state index in [4.69, 9.17) is 0 Å². The SMILES string of the molecule is CC(C)N1CCN(C2CCC(C(=O)Nc3ccc(-c4cc(F)cc(F)c4)cn3)CC2)C1=O. The largest absolute Gasteiger partial charge is 0.320 e. The molecule has 0 spiro atoms. The van der Waals surface area contributed by atoms with Crippen LogP contribution in [0.25, 0.3) is 11.1 Å². The number of hydrogen-bond acceptors (Lipinski definition) is 3. The van der Waals surface area contributed by atoms with Gasteiger partial charge in [0.25, 0.3) is 0 Å². The van der Waals surface area contributed by atoms with E-state index in [0.717, 1.165) is 44.8 Å². The zero-order valence-electron chi connectivity index (χ0n) is 18.4. The molecule has 170 valence electrons. The molecule has 1 aliphatic heterocycles. The van der Waals surface area contributed by atoms with Gasteiger partial charge in [0.1, 0.15) is 17.5 Å². The molecule has 6 nitrogen and oxygen atoms in total. The molecular formula is C24H28F2N4O2. The van der Waals surface area contributed by atoms with Crippen molar-refractivity contribution in [2.75, 3.05) is 18.4 Å². The molecule has 0 radical (unpaired) electrons. The van der Waals surface area contributed by atoms with Gasteiger partial charge in [-0.25, -0.2) is 18.6 Å². The maximum absolute atomic E-state index is 13.4. The maximum atomic E-state index is 13.4. The Morgan fingerprint density at radius 3 is 2.28 bits per heavy atom. The van der Waals surface area contributed by atoms with Crippen LogP contribution in [0.2, 0.25) is 0 Å². The minimum absolute atomic E-state index is 0.0861. The van der Waals surface area contributed by atoms with Crippen molar-refractivity contribution in [3.63, 3.8) is 0 Å². The molecule has 0 bridgehead atoms. The van der Waals surface area contributed by atoms with Gasteiger partial charge in [0.2, 0.25) is 5.91 Å². The number of halogens is 2. The number of rotatable bonds is 5. The summed E-state index contributed by atoms with van der Waals surface area (Å²) < 4.78 is 26.9. The van der Waals surface area contributed by atoms with E-state index in [2.05, 4.69) is 10.3 Å². The quantitative estimate of drug-likeness (QED) is 0.732. The number of aromatic nitrogens is 1. The molecule has 1 aromatic heterocycles. The number of pyridine rings is 1. The molecule has 2 aromatic rings. The van der Waals surface area contributed by atoms with Crippen LogP contribution in [0.5, 0.6) is 0 Å². The molecule has 1 saturated heterocycles. The predicted molar refractivity (Wildman–Crippen MR) is 118 cm³/mol. The van der Waals surface area contributed by atoms with Crippen LogP contribution in [0.15, 0.2) is 36.5 Å². The van der Waals surface area contributed by atoms with E-state index >= 15 is 0 Å². The van der Waals surface area contributed by atoms with Crippen molar-refractivity contribution in [3.8, 4) is 11.1 Å². The van der Waals surface area contributed by atoms with E-state index in [1.165, 1.54) is 18.3 Å². The number of carbonyl (C=O) groups is 2. The van der Waals surface area contributed by atoms with E-state index in [9.17, 15) is 18.4 Å². The van der Waals surface area contributed by atoms with E-state index in [0.29, 0.717) is 16.9 Å². The Hall–Kier alpha value is -3.03. The molecule has 0 unspecified atom stereocenters. The summed E-state index contributed by atoms with van der Waals surface area (Å²) in [5, 5.41) is 2.84. The van der Waals surface area contributed by atoms with Crippen LogP contribution < -0.4 is 5.32 Å². The summed E-state index contributed by atoms with van der Waals surface area (Å²) >= 11 is 0. The number of urea groups is 1. The lowest BCUT2D eigenvalue weighted by Crippen LogP contribution is -2.43. The molecule has 4 rings (SSSR count). The van der Waals surface area contributed by atoms with Gasteiger partial charge in [-0.2, -0.15) is 0 Å². The van der Waals surface area contributed by atoms with Gasteiger partial charge in [0.05, 0.1) is 0 Å². The number of anilines is 1. The maximum Gasteiger partial charge on any atom is 0.320 e. The molecular weight excluding hydrogens is 414 g/mol. The van der Waals surface area contributed by atoms with Gasteiger partial charge in [-0.05, 0) is 69.4 Å². The summed E-state index contributed by atoms with van der Waals surface area (Å²) in [4.78, 5) is 33.4. The second kappa shape index (κ2) is 9.22. The fraction of sp³-hybridized carbons (Fsp3) is 0.458. The summed E-state index contributed by atoms with van der Waals surface area (Å²) in [5.74, 6) is -1.11. The molecule has 1 aromatic carbocycles. The lowest BCUT2D eigenvalue weighted by Gasteiger charge is -2.34. The van der Waals surface area contributed by atoms with Gasteiger partial charge in [0.15, 0.2) is 0 Å². The lowest BCUT2D eigenvalue weighted by molar-refractivity contribution is -0.121. The van der Waals surface area contributed by atoms with Crippen LogP contribution in [-0.4, -0.2) is 51.9 Å². The van der Waals surface area contributed by atoms with Crippen molar-refractivity contribution < 1.29 is 18.4 Å². The fourth-order valence-corrected chi connectivity index (χ4v) is 4.63. The molecule has 2 fully saturated rings. The molecule has 2 aliphatic rings. The van der Waals surface area contributed by atoms with E-state index in [1.54, 1.807) is 12.1 Å². The highest BCUT2D eigenvalue weighted by Crippen LogP contribution is 2.31. The molecule has 3 amide bonds. The van der Waals surface area contributed by atoms with Crippen LogP contribution in [0.4, 0.5) is 19.4 Å². The zero-order valence-corrected chi connectivity index (χ0v) is 18.4. The smallest absolute Gasteiger partial charge is 0.320 e. The third-order valence-corrected chi connectivity index (χ3v) is 6.42. The summed E-state index contributed by atoms with van der Waals surface area (Å²) in [5.41, 5.74) is 0.950. The second-order valence-electron chi connectivity index (χ2n) is 8.85. The number of amides is 3. The molecule has 8 heteroatoms. The Kier molecular flexibility index (Phi) is 6.39. The first-order valence-corrected chi connectivity index (χ1v) is 11.1. The summed E-state index contributed by atoms with van der Waals surface area (Å²) in [6.45, 7) is 5.57. The van der Waals surface area contributed by atoms with Crippen molar-refractivity contribution in [1.82, 2.24) is 14.8 Å². The second-order valence-corrected chi connectivity index (χ2v) is 8.85. The fourth-order valence-electron chi connectivity index (χ4n) is 4.63. The van der Waals surface area contributed by atoms with E-state index in [1.807, 2.05) is 23.6 Å². The van der Waals surface area contributed by atoms with Crippen LogP contribution >= 0.6 is 0 Å². The number of benzene rings is 1. The molecule has 1 saturated carbocycles. The van der Waals surface area contributed by atoms with Crippen LogP contribution in [0, 0.1) is 17.6 Å². The highest BCUT2D eigenvalue weighted by atomic mass is 19.1. The molecule has 32 heavy (non-hydrogen) atoms. The van der Waals surface area contributed by atoms with Crippen molar-refractivity contribution in [2.24, 2.45) is 5.92 Å². The van der Waals surface area contributed by atoms with Crippen molar-refractivity contribution in [1.29, 1.82) is 0 Å². The van der Waals surface area contributed by atoms with E-state index in [-0.39, 0.29) is 29.9 Å². The zero-order chi connectivity index (χ0) is 22.8. The first-order chi connectivity index (χ1) is 15.3. The van der Waals surface area contributed by atoms with Gasteiger partial charge >= 0.3 is 6.03 Å². The Labute approximate surface area is 186 Å². The standard InChI is InChI=1S/C24H28F2N4O2/c1-15(2)29-9-10-30(24(29)32)21-6-3-16(4-7-21)23(31)28-22-8-5-17(14-27-22)18-11-19(25)13-20(26)12-18/h5,8,11-16,21H,3-4,6-7,9-10H2,1-2H3,(H,27,28,31). The molecule has 1 N–H and O–H groups in total. The summed E-state index contributed by atoms with van der Waals surface area (Å²) in [6, 6.07) is 7.10. The normalized spacial score (nSPS) is 21.3. The highest BCUT2D eigenvalue weighted by molar-refractivity contribution is 5.91. The highest BCUT2D eigenvalue weighted by Gasteiger charge is 2.37. The third-order valence-electron chi connectivity index (χ3n) is 6.42. The van der Waals surface area contributed by atoms with Gasteiger partial charge in [0, 0.05) is 48.9 Å². The minimum atomic E-state index is -0.652. The van der Waals surface area contributed by atoms with Gasteiger partial charge in [-0.1, -0.05) is 0 Å². The third kappa shape index (κ3) is 4.74. The molecule has 0 atom stereocenters. The predicted octanol–water partition coefficient (Wildman–Crippen LogP) is 4.67. The lowest BCUT2D eigenvalue weighted by atomic mass is 9.85. The van der Waals surface area contributed by atoms with Crippen molar-refractivity contribution in [2.45, 2.75) is 51.6 Å². The average Bonchev–Trinajstić information content (AvgIpc) is 3.15. The topological polar surface area (TPSA) is 65.5 Å². The summed E-state index contributed by atoms with van der Waals surface area (Å²) in [7, 11) is 0. The molecule has 2 heterocycles. The van der Waals surface area contributed by atoms with Gasteiger partial charge < -0.3 is 15.1 Å². The average molecular weight is 443 g/mol.